The molecule has 9 heteroatoms. The number of nitrogens with one attached hydrogen (secondary N) is 2. The molecule has 0 saturated carbocycles. The first-order valence-electron chi connectivity index (χ1n) is 13.0. The SMILES string of the molecule is CC(=O)c1cc(NC(=NCCC[C@H]2C[C@H](Cc3ccc(F)cc3)CCN2CCO)NC#N)cc(C(C)=O)c1. The summed E-state index contributed by atoms with van der Waals surface area (Å²) < 4.78 is 13.3. The minimum absolute atomic E-state index is 0.110. The number of hydrogen-bond acceptors (Lipinski definition) is 6. The van der Waals surface area contributed by atoms with E-state index in [9.17, 15) is 24.3 Å². The van der Waals surface area contributed by atoms with Crippen LogP contribution in [0.4, 0.5) is 10.1 Å². The van der Waals surface area contributed by atoms with Gasteiger partial charge >= 0.3 is 0 Å². The second-order valence-corrected chi connectivity index (χ2v) is 9.78. The number of nitriles is 1. The van der Waals surface area contributed by atoms with Gasteiger partial charge in [0.25, 0.3) is 0 Å². The van der Waals surface area contributed by atoms with Gasteiger partial charge in [0.2, 0.25) is 5.96 Å². The molecule has 2 atom stereocenters. The molecule has 0 unspecified atom stereocenters. The van der Waals surface area contributed by atoms with Crippen LogP contribution in [-0.2, 0) is 6.42 Å². The Bertz CT molecular complexity index is 1140. The summed E-state index contributed by atoms with van der Waals surface area (Å²) in [5.41, 5.74) is 2.42. The van der Waals surface area contributed by atoms with E-state index in [-0.39, 0.29) is 30.0 Å². The molecule has 8 nitrogen and oxygen atoms in total. The van der Waals surface area contributed by atoms with Crippen molar-refractivity contribution in [1.29, 1.82) is 5.26 Å². The fraction of sp³-hybridized carbons (Fsp3) is 0.448. The number of aliphatic hydroxyl groups excluding tert-OH is 1. The molecule has 0 aromatic heterocycles. The first-order valence-corrected chi connectivity index (χ1v) is 13.0. The lowest BCUT2D eigenvalue weighted by molar-refractivity contribution is 0.0834. The smallest absolute Gasteiger partial charge is 0.209 e. The van der Waals surface area contributed by atoms with Crippen LogP contribution in [-0.4, -0.2) is 59.8 Å². The van der Waals surface area contributed by atoms with Gasteiger partial charge in [0.15, 0.2) is 17.8 Å². The number of guanidine groups is 1. The standard InChI is InChI=1S/C29H36FN5O3/c1-20(37)24-16-25(21(2)38)18-27(17-24)34-29(33-19-31)32-10-3-4-28-15-23(9-11-35(28)12-13-36)14-22-5-7-26(30)8-6-22/h5-8,16-18,23,28,36H,3-4,9-15H2,1-2H3,(H2,32,33,34)/t23-,28-/m0/s1. The summed E-state index contributed by atoms with van der Waals surface area (Å²) in [6, 6.07) is 11.8. The lowest BCUT2D eigenvalue weighted by atomic mass is 9.84. The minimum Gasteiger partial charge on any atom is -0.395 e. The van der Waals surface area contributed by atoms with Gasteiger partial charge in [-0.15, -0.1) is 0 Å². The van der Waals surface area contributed by atoms with E-state index in [1.165, 1.54) is 26.0 Å². The molecule has 1 aliphatic heterocycles. The van der Waals surface area contributed by atoms with Crippen molar-refractivity contribution in [2.75, 3.05) is 31.6 Å². The molecular formula is C29H36FN5O3. The van der Waals surface area contributed by atoms with Crippen LogP contribution in [0.2, 0.25) is 0 Å². The van der Waals surface area contributed by atoms with Crippen LogP contribution in [0.15, 0.2) is 47.5 Å². The van der Waals surface area contributed by atoms with E-state index in [0.29, 0.717) is 41.9 Å². The van der Waals surface area contributed by atoms with Crippen LogP contribution in [0.3, 0.4) is 0 Å². The number of hydrogen-bond donors (Lipinski definition) is 3. The number of nitrogens with zero attached hydrogens (tertiary/aromatic N) is 3. The third kappa shape index (κ3) is 8.75. The molecule has 3 N–H and O–H groups in total. The number of benzene rings is 2. The van der Waals surface area contributed by atoms with Gasteiger partial charge in [-0.1, -0.05) is 12.1 Å². The zero-order valence-electron chi connectivity index (χ0n) is 22.0. The summed E-state index contributed by atoms with van der Waals surface area (Å²) in [5.74, 6) is 0.176. The van der Waals surface area contributed by atoms with Gasteiger partial charge in [-0.3, -0.25) is 24.8 Å². The van der Waals surface area contributed by atoms with Gasteiger partial charge in [0.05, 0.1) is 6.61 Å². The predicted molar refractivity (Wildman–Crippen MR) is 146 cm³/mol. The zero-order chi connectivity index (χ0) is 27.5. The van der Waals surface area contributed by atoms with Crippen molar-refractivity contribution < 1.29 is 19.1 Å². The molecule has 0 aliphatic carbocycles. The summed E-state index contributed by atoms with van der Waals surface area (Å²) in [7, 11) is 0. The number of carbonyl (C=O) groups is 2. The Labute approximate surface area is 223 Å². The number of rotatable bonds is 11. The Morgan fingerprint density at radius 1 is 1.16 bits per heavy atom. The Morgan fingerprint density at radius 2 is 1.84 bits per heavy atom. The van der Waals surface area contributed by atoms with E-state index >= 15 is 0 Å². The summed E-state index contributed by atoms with van der Waals surface area (Å²) in [5, 5.41) is 24.3. The van der Waals surface area contributed by atoms with Gasteiger partial charge in [-0.2, -0.15) is 5.26 Å². The van der Waals surface area contributed by atoms with Crippen molar-refractivity contribution in [3.8, 4) is 6.19 Å². The molecule has 1 heterocycles. The number of piperidine rings is 1. The first-order chi connectivity index (χ1) is 18.3. The maximum absolute atomic E-state index is 13.3. The molecular weight excluding hydrogens is 485 g/mol. The fourth-order valence-electron chi connectivity index (χ4n) is 4.97. The number of aliphatic imine (C=N–C) groups is 1. The highest BCUT2D eigenvalue weighted by atomic mass is 19.1. The monoisotopic (exact) mass is 521 g/mol. The number of anilines is 1. The van der Waals surface area contributed by atoms with Crippen LogP contribution in [0, 0.1) is 23.2 Å². The van der Waals surface area contributed by atoms with Crippen LogP contribution < -0.4 is 10.6 Å². The molecule has 1 saturated heterocycles. The fourth-order valence-corrected chi connectivity index (χ4v) is 4.97. The second-order valence-electron chi connectivity index (χ2n) is 9.78. The maximum atomic E-state index is 13.3. The maximum Gasteiger partial charge on any atom is 0.209 e. The van der Waals surface area contributed by atoms with E-state index in [4.69, 9.17) is 0 Å². The number of Topliss-reactive ketones (excluding diaryl/α,β-unsaturated/α-hetero) is 2. The number of ketones is 2. The lowest BCUT2D eigenvalue weighted by Gasteiger charge is -2.39. The highest BCUT2D eigenvalue weighted by Gasteiger charge is 2.27. The van der Waals surface area contributed by atoms with Crippen molar-refractivity contribution in [2.24, 2.45) is 10.9 Å². The Morgan fingerprint density at radius 3 is 2.45 bits per heavy atom. The first kappa shape index (κ1) is 29.0. The molecule has 2 aromatic carbocycles. The summed E-state index contributed by atoms with van der Waals surface area (Å²) >= 11 is 0. The molecule has 202 valence electrons. The van der Waals surface area contributed by atoms with Crippen molar-refractivity contribution in [3.63, 3.8) is 0 Å². The van der Waals surface area contributed by atoms with E-state index in [1.807, 2.05) is 18.3 Å². The molecule has 1 fully saturated rings. The highest BCUT2D eigenvalue weighted by molar-refractivity contribution is 6.03. The topological polar surface area (TPSA) is 118 Å². The molecule has 38 heavy (non-hydrogen) atoms. The second kappa shape index (κ2) is 14.4. The quantitative estimate of drug-likeness (QED) is 0.101. The number of likely N-dealkylation sites (tertiary alicyclic amines) is 1. The Balaban J connectivity index is 1.62. The molecule has 3 rings (SSSR count). The lowest BCUT2D eigenvalue weighted by Crippen LogP contribution is -2.44. The van der Waals surface area contributed by atoms with Crippen LogP contribution in [0.5, 0.6) is 0 Å². The zero-order valence-corrected chi connectivity index (χ0v) is 22.0. The minimum atomic E-state index is -0.226. The molecule has 0 radical (unpaired) electrons. The third-order valence-electron chi connectivity index (χ3n) is 6.92. The Kier molecular flexibility index (Phi) is 10.9. The number of aliphatic hydroxyl groups is 1. The molecule has 1 aliphatic rings. The van der Waals surface area contributed by atoms with Gasteiger partial charge in [-0.05, 0) is 94.3 Å². The van der Waals surface area contributed by atoms with E-state index in [2.05, 4.69) is 20.5 Å². The van der Waals surface area contributed by atoms with E-state index < -0.39 is 0 Å². The Hall–Kier alpha value is -3.61. The molecule has 2 aromatic rings. The van der Waals surface area contributed by atoms with E-state index in [1.54, 1.807) is 18.2 Å². The average Bonchev–Trinajstić information content (AvgIpc) is 2.89. The molecule has 0 bridgehead atoms. The molecule has 0 spiro atoms. The van der Waals surface area contributed by atoms with E-state index in [0.717, 1.165) is 44.2 Å². The van der Waals surface area contributed by atoms with Crippen LogP contribution in [0.25, 0.3) is 0 Å². The predicted octanol–water partition coefficient (Wildman–Crippen LogP) is 4.17. The summed E-state index contributed by atoms with van der Waals surface area (Å²) in [6.07, 6.45) is 6.47. The van der Waals surface area contributed by atoms with Gasteiger partial charge in [-0.25, -0.2) is 4.39 Å². The number of β-amino-alcohol motifs (C(OH)–C–C–N with tert-alkyl or cyclic N) is 1. The summed E-state index contributed by atoms with van der Waals surface area (Å²) in [6.45, 7) is 4.98. The normalized spacial score (nSPS) is 18.0. The summed E-state index contributed by atoms with van der Waals surface area (Å²) in [4.78, 5) is 30.6. The average molecular weight is 522 g/mol. The van der Waals surface area contributed by atoms with Gasteiger partial charge < -0.3 is 10.4 Å². The van der Waals surface area contributed by atoms with Crippen molar-refractivity contribution in [2.45, 2.75) is 52.0 Å². The van der Waals surface area contributed by atoms with Crippen molar-refractivity contribution in [1.82, 2.24) is 10.2 Å². The highest BCUT2D eigenvalue weighted by Crippen LogP contribution is 2.28. The van der Waals surface area contributed by atoms with Crippen molar-refractivity contribution in [3.05, 3.63) is 65.0 Å². The number of carbonyl (C=O) groups excluding carboxylic acids is 2. The van der Waals surface area contributed by atoms with Crippen LogP contribution >= 0.6 is 0 Å². The van der Waals surface area contributed by atoms with Crippen LogP contribution in [0.1, 0.15) is 65.8 Å². The van der Waals surface area contributed by atoms with Crippen molar-refractivity contribution >= 4 is 23.2 Å². The van der Waals surface area contributed by atoms with Gasteiger partial charge in [0, 0.05) is 35.9 Å². The third-order valence-corrected chi connectivity index (χ3v) is 6.92. The largest absolute Gasteiger partial charge is 0.395 e. The molecule has 0 amide bonds. The number of halogens is 1. The van der Waals surface area contributed by atoms with Gasteiger partial charge in [0.1, 0.15) is 5.82 Å².